The monoisotopic (exact) mass is 488 g/mol. The lowest BCUT2D eigenvalue weighted by Gasteiger charge is -2.21. The lowest BCUT2D eigenvalue weighted by atomic mass is 9.98. The molecule has 0 aromatic heterocycles. The van der Waals surface area contributed by atoms with Crippen molar-refractivity contribution in [3.63, 3.8) is 0 Å². The highest BCUT2D eigenvalue weighted by Crippen LogP contribution is 2.21. The van der Waals surface area contributed by atoms with Gasteiger partial charge in [0.1, 0.15) is 25.2 Å². The Morgan fingerprint density at radius 1 is 0.743 bits per heavy atom. The summed E-state index contributed by atoms with van der Waals surface area (Å²) < 4.78 is 19.8. The van der Waals surface area contributed by atoms with E-state index in [9.17, 15) is 19.2 Å². The van der Waals surface area contributed by atoms with Gasteiger partial charge in [0.25, 0.3) is 0 Å². The van der Waals surface area contributed by atoms with E-state index in [1.54, 1.807) is 0 Å². The van der Waals surface area contributed by atoms with Crippen molar-refractivity contribution in [3.05, 3.63) is 48.0 Å². The van der Waals surface area contributed by atoms with Gasteiger partial charge in [0.05, 0.1) is 7.11 Å². The third kappa shape index (κ3) is 12.8. The number of ether oxygens (including phenoxy) is 4. The second-order valence-corrected chi connectivity index (χ2v) is 8.63. The van der Waals surface area contributed by atoms with Gasteiger partial charge in [-0.25, -0.2) is 9.59 Å². The van der Waals surface area contributed by atoms with Crippen molar-refractivity contribution in [2.45, 2.75) is 89.4 Å². The van der Waals surface area contributed by atoms with Crippen LogP contribution in [0.25, 0.3) is 0 Å². The maximum atomic E-state index is 11.6. The van der Waals surface area contributed by atoms with Crippen LogP contribution >= 0.6 is 0 Å². The molecule has 0 atom stereocenters. The lowest BCUT2D eigenvalue weighted by molar-refractivity contribution is -0.154. The second-order valence-electron chi connectivity index (χ2n) is 8.63. The fourth-order valence-corrected chi connectivity index (χ4v) is 3.89. The summed E-state index contributed by atoms with van der Waals surface area (Å²) in [7, 11) is 1.23. The van der Waals surface area contributed by atoms with E-state index in [2.05, 4.69) is 4.74 Å². The van der Waals surface area contributed by atoms with Crippen molar-refractivity contribution in [3.8, 4) is 0 Å². The van der Waals surface area contributed by atoms with Crippen LogP contribution in [-0.2, 0) is 44.7 Å². The van der Waals surface area contributed by atoms with Crippen LogP contribution in [0.5, 0.6) is 0 Å². The van der Waals surface area contributed by atoms with E-state index in [-0.39, 0.29) is 25.2 Å². The minimum absolute atomic E-state index is 0.0234. The fraction of sp³-hybridized carbons (Fsp3) is 0.556. The molecule has 1 aromatic carbocycles. The van der Waals surface area contributed by atoms with E-state index >= 15 is 0 Å². The number of methoxy groups -OCH3 is 1. The molecule has 192 valence electrons. The summed E-state index contributed by atoms with van der Waals surface area (Å²) in [4.78, 5) is 45.0. The molecule has 0 radical (unpaired) electrons. The molecule has 0 amide bonds. The second kappa shape index (κ2) is 16.5. The van der Waals surface area contributed by atoms with Crippen LogP contribution in [-0.4, -0.2) is 43.2 Å². The average molecular weight is 489 g/mol. The molecule has 2 aliphatic carbocycles. The Morgan fingerprint density at radius 3 is 1.69 bits per heavy atom. The van der Waals surface area contributed by atoms with E-state index in [1.807, 2.05) is 30.3 Å². The molecule has 8 nitrogen and oxygen atoms in total. The summed E-state index contributed by atoms with van der Waals surface area (Å²) in [6.07, 6.45) is 12.7. The highest BCUT2D eigenvalue weighted by atomic mass is 16.6. The highest BCUT2D eigenvalue weighted by molar-refractivity contribution is 5.92. The van der Waals surface area contributed by atoms with Gasteiger partial charge < -0.3 is 18.9 Å². The molecule has 1 aromatic rings. The van der Waals surface area contributed by atoms with Gasteiger partial charge in [-0.05, 0) is 56.9 Å². The van der Waals surface area contributed by atoms with Crippen LogP contribution in [0.15, 0.2) is 42.5 Å². The Hall–Kier alpha value is -3.16. The zero-order valence-electron chi connectivity index (χ0n) is 20.4. The number of hydrogen-bond acceptors (Lipinski definition) is 8. The molecule has 0 spiro atoms. The topological polar surface area (TPSA) is 105 Å². The van der Waals surface area contributed by atoms with Gasteiger partial charge in [-0.3, -0.25) is 9.59 Å². The molecular weight excluding hydrogens is 452 g/mol. The average Bonchev–Trinajstić information content (AvgIpc) is 2.88. The van der Waals surface area contributed by atoms with Crippen LogP contribution in [0.1, 0.15) is 76.2 Å². The number of hydrogen-bond donors (Lipinski definition) is 0. The Morgan fingerprint density at radius 2 is 1.23 bits per heavy atom. The predicted octanol–water partition coefficient (Wildman–Crippen LogP) is 4.59. The molecule has 35 heavy (non-hydrogen) atoms. The summed E-state index contributed by atoms with van der Waals surface area (Å²) in [5.41, 5.74) is 0.885. The first-order chi connectivity index (χ1) is 17.0. The van der Waals surface area contributed by atoms with E-state index in [0.29, 0.717) is 0 Å². The van der Waals surface area contributed by atoms with Gasteiger partial charge in [0, 0.05) is 12.2 Å². The molecule has 0 heterocycles. The largest absolute Gasteiger partial charge is 0.469 e. The molecule has 2 aliphatic rings. The molecule has 0 saturated heterocycles. The Kier molecular flexibility index (Phi) is 13.2. The minimum atomic E-state index is -0.590. The molecule has 0 bridgehead atoms. The van der Waals surface area contributed by atoms with Crippen LogP contribution < -0.4 is 0 Å². The number of carbonyl (C=O) groups is 4. The first-order valence-corrected chi connectivity index (χ1v) is 12.3. The standard InChI is InChI=1S/C16H24O4.C11H12O4/c17-15(19-13-7-3-1-4-8-13)11-12-16(18)20-14-9-5-2-6-10-14;1-14-10(12)7-11(13)15-8-9-5-3-2-4-6-9/h11-14H,1-10H2;2-6H,7-8H2,1H3/b12-11-;. The summed E-state index contributed by atoms with van der Waals surface area (Å²) in [6.45, 7) is 0.177. The number of esters is 4. The maximum absolute atomic E-state index is 11.6. The Labute approximate surface area is 207 Å². The molecule has 0 unspecified atom stereocenters. The molecule has 2 fully saturated rings. The SMILES string of the molecule is COC(=O)CC(=O)OCc1ccccc1.O=C(/C=C\C(=O)OC1CCCCC1)OC1CCCCC1. The van der Waals surface area contributed by atoms with Gasteiger partial charge in [0.2, 0.25) is 0 Å². The molecule has 8 heteroatoms. The zero-order valence-corrected chi connectivity index (χ0v) is 20.4. The van der Waals surface area contributed by atoms with Crippen molar-refractivity contribution in [1.29, 1.82) is 0 Å². The molecule has 0 aliphatic heterocycles. The van der Waals surface area contributed by atoms with Gasteiger partial charge in [-0.1, -0.05) is 43.2 Å². The smallest absolute Gasteiger partial charge is 0.331 e. The Bertz CT molecular complexity index is 787. The molecule has 0 N–H and O–H groups in total. The van der Waals surface area contributed by atoms with Crippen molar-refractivity contribution in [2.75, 3.05) is 7.11 Å². The summed E-state index contributed by atoms with van der Waals surface area (Å²) in [5.74, 6) is -2.03. The van der Waals surface area contributed by atoms with E-state index in [0.717, 1.165) is 56.9 Å². The molecule has 3 rings (SSSR count). The summed E-state index contributed by atoms with van der Waals surface area (Å²) in [6, 6.07) is 9.25. The van der Waals surface area contributed by atoms with Crippen molar-refractivity contribution >= 4 is 23.9 Å². The number of rotatable bonds is 8. The van der Waals surface area contributed by atoms with Crippen molar-refractivity contribution in [1.82, 2.24) is 0 Å². The van der Waals surface area contributed by atoms with E-state index in [1.165, 1.54) is 32.1 Å². The predicted molar refractivity (Wildman–Crippen MR) is 128 cm³/mol. The number of carbonyl (C=O) groups excluding carboxylic acids is 4. The zero-order chi connectivity index (χ0) is 25.3. The molecular formula is C27H36O8. The quantitative estimate of drug-likeness (QED) is 0.226. The lowest BCUT2D eigenvalue weighted by Crippen LogP contribution is -2.21. The highest BCUT2D eigenvalue weighted by Gasteiger charge is 2.18. The van der Waals surface area contributed by atoms with Crippen LogP contribution in [0.2, 0.25) is 0 Å². The van der Waals surface area contributed by atoms with Crippen LogP contribution in [0.4, 0.5) is 0 Å². The van der Waals surface area contributed by atoms with E-state index < -0.39 is 23.9 Å². The van der Waals surface area contributed by atoms with Gasteiger partial charge >= 0.3 is 23.9 Å². The third-order valence-corrected chi connectivity index (χ3v) is 5.78. The fourth-order valence-electron chi connectivity index (χ4n) is 3.89. The third-order valence-electron chi connectivity index (χ3n) is 5.78. The van der Waals surface area contributed by atoms with E-state index in [4.69, 9.17) is 14.2 Å². The Balaban J connectivity index is 0.000000258. The number of benzene rings is 1. The first-order valence-electron chi connectivity index (χ1n) is 12.3. The maximum Gasteiger partial charge on any atom is 0.331 e. The normalized spacial score (nSPS) is 16.5. The van der Waals surface area contributed by atoms with Gasteiger partial charge in [-0.2, -0.15) is 0 Å². The van der Waals surface area contributed by atoms with Gasteiger partial charge in [-0.15, -0.1) is 0 Å². The van der Waals surface area contributed by atoms with Crippen molar-refractivity contribution < 1.29 is 38.1 Å². The summed E-state index contributed by atoms with van der Waals surface area (Å²) in [5, 5.41) is 0. The first kappa shape index (κ1) is 28.1. The molecule has 2 saturated carbocycles. The summed E-state index contributed by atoms with van der Waals surface area (Å²) >= 11 is 0. The van der Waals surface area contributed by atoms with Crippen LogP contribution in [0, 0.1) is 0 Å². The minimum Gasteiger partial charge on any atom is -0.469 e. The van der Waals surface area contributed by atoms with Crippen LogP contribution in [0.3, 0.4) is 0 Å². The van der Waals surface area contributed by atoms with Crippen molar-refractivity contribution in [2.24, 2.45) is 0 Å². The van der Waals surface area contributed by atoms with Gasteiger partial charge in [0.15, 0.2) is 0 Å².